The first-order chi connectivity index (χ1) is 9.40. The summed E-state index contributed by atoms with van der Waals surface area (Å²) in [4.78, 5) is 36.7. The first-order valence-electron chi connectivity index (χ1n) is 5.43. The van der Waals surface area contributed by atoms with Gasteiger partial charge in [-0.15, -0.1) is 10.1 Å². The molecule has 1 amide bonds. The van der Waals surface area contributed by atoms with E-state index in [4.69, 9.17) is 16.3 Å². The highest BCUT2D eigenvalue weighted by Gasteiger charge is 2.14. The maximum Gasteiger partial charge on any atom is 0.308 e. The fourth-order valence-corrected chi connectivity index (χ4v) is 1.47. The van der Waals surface area contributed by atoms with Crippen molar-refractivity contribution in [3.63, 3.8) is 0 Å². The maximum atomic E-state index is 11.8. The molecule has 0 aliphatic heterocycles. The van der Waals surface area contributed by atoms with E-state index in [2.05, 4.69) is 10.2 Å². The number of hydrogen-bond donors (Lipinski definition) is 1. The lowest BCUT2D eigenvalue weighted by molar-refractivity contribution is -0.757. The lowest BCUT2D eigenvalue weighted by atomic mass is 10.2. The Labute approximate surface area is 118 Å². The Morgan fingerprint density at radius 2 is 2.15 bits per heavy atom. The van der Waals surface area contributed by atoms with Gasteiger partial charge in [0.25, 0.3) is 11.0 Å². The Morgan fingerprint density at radius 3 is 2.75 bits per heavy atom. The number of benzene rings is 1. The molecule has 8 nitrogen and oxygen atoms in total. The molecule has 0 aliphatic carbocycles. The van der Waals surface area contributed by atoms with Crippen molar-refractivity contribution in [1.82, 2.24) is 5.32 Å². The Kier molecular flexibility index (Phi) is 5.73. The third kappa shape index (κ3) is 5.11. The van der Waals surface area contributed by atoms with Gasteiger partial charge in [0, 0.05) is 24.6 Å². The summed E-state index contributed by atoms with van der Waals surface area (Å²) in [5, 5.41) is 11.7. The van der Waals surface area contributed by atoms with Gasteiger partial charge in [-0.1, -0.05) is 11.6 Å². The van der Waals surface area contributed by atoms with Gasteiger partial charge in [0.15, 0.2) is 0 Å². The molecule has 1 aromatic rings. The smallest absolute Gasteiger partial charge is 0.308 e. The van der Waals surface area contributed by atoms with Gasteiger partial charge in [0.1, 0.15) is 12.4 Å². The summed E-state index contributed by atoms with van der Waals surface area (Å²) < 4.78 is 4.87. The number of carbonyl (C=O) groups excluding carboxylic acids is 2. The lowest BCUT2D eigenvalue weighted by Crippen LogP contribution is -2.28. The van der Waals surface area contributed by atoms with Gasteiger partial charge in [-0.2, -0.15) is 0 Å². The summed E-state index contributed by atoms with van der Waals surface area (Å²) in [7, 11) is 0. The SMILES string of the molecule is CC(=O)Oc1cc(Cl)ccc1C(=O)NCCO[N+](=O)[O-]. The standard InChI is InChI=1S/C11H11ClN2O6/c1-7(15)20-10-6-8(12)2-3-9(10)11(16)13-4-5-19-14(17)18/h2-3,6H,4-5H2,1H3,(H,13,16). The highest BCUT2D eigenvalue weighted by atomic mass is 35.5. The van der Waals surface area contributed by atoms with Crippen molar-refractivity contribution in [3.05, 3.63) is 38.9 Å². The summed E-state index contributed by atoms with van der Waals surface area (Å²) in [6.45, 7) is 0.838. The zero-order valence-corrected chi connectivity index (χ0v) is 11.2. The van der Waals surface area contributed by atoms with Crippen molar-refractivity contribution in [2.75, 3.05) is 13.2 Å². The molecule has 0 saturated carbocycles. The molecule has 0 atom stereocenters. The number of nitrogens with one attached hydrogen (secondary N) is 1. The second-order valence-electron chi connectivity index (χ2n) is 3.55. The molecule has 0 aromatic heterocycles. The Morgan fingerprint density at radius 1 is 1.45 bits per heavy atom. The molecule has 0 radical (unpaired) electrons. The number of amides is 1. The number of halogens is 1. The van der Waals surface area contributed by atoms with Gasteiger partial charge in [-0.05, 0) is 12.1 Å². The number of esters is 1. The van der Waals surface area contributed by atoms with E-state index in [0.29, 0.717) is 5.02 Å². The molecule has 0 bridgehead atoms. The molecule has 0 saturated heterocycles. The Balaban J connectivity index is 2.71. The molecule has 9 heteroatoms. The third-order valence-corrected chi connectivity index (χ3v) is 2.26. The van der Waals surface area contributed by atoms with Crippen molar-refractivity contribution in [2.45, 2.75) is 6.92 Å². The van der Waals surface area contributed by atoms with E-state index in [1.165, 1.54) is 25.1 Å². The van der Waals surface area contributed by atoms with Crippen LogP contribution in [-0.4, -0.2) is 30.1 Å². The third-order valence-electron chi connectivity index (χ3n) is 2.03. The summed E-state index contributed by atoms with van der Waals surface area (Å²) in [5.41, 5.74) is 0.0886. The summed E-state index contributed by atoms with van der Waals surface area (Å²) in [5.74, 6) is -1.15. The highest BCUT2D eigenvalue weighted by molar-refractivity contribution is 6.30. The van der Waals surface area contributed by atoms with Crippen LogP contribution in [0.15, 0.2) is 18.2 Å². The van der Waals surface area contributed by atoms with Crippen molar-refractivity contribution in [2.24, 2.45) is 0 Å². The molecule has 1 aromatic carbocycles. The number of nitrogens with zero attached hydrogens (tertiary/aromatic N) is 1. The van der Waals surface area contributed by atoms with E-state index >= 15 is 0 Å². The second-order valence-corrected chi connectivity index (χ2v) is 3.98. The summed E-state index contributed by atoms with van der Waals surface area (Å²) in [6.07, 6.45) is 0. The monoisotopic (exact) mass is 302 g/mol. The van der Waals surface area contributed by atoms with Crippen molar-refractivity contribution < 1.29 is 24.3 Å². The van der Waals surface area contributed by atoms with Gasteiger partial charge in [0.05, 0.1) is 5.56 Å². The highest BCUT2D eigenvalue weighted by Crippen LogP contribution is 2.23. The van der Waals surface area contributed by atoms with Gasteiger partial charge in [-0.3, -0.25) is 9.59 Å². The van der Waals surface area contributed by atoms with E-state index < -0.39 is 17.0 Å². The van der Waals surface area contributed by atoms with Crippen LogP contribution < -0.4 is 10.1 Å². The second kappa shape index (κ2) is 7.29. The van der Waals surface area contributed by atoms with Crippen molar-refractivity contribution in [3.8, 4) is 5.75 Å². The molecule has 0 fully saturated rings. The summed E-state index contributed by atoms with van der Waals surface area (Å²) >= 11 is 5.75. The Bertz CT molecular complexity index is 534. The Hall–Kier alpha value is -2.35. The van der Waals surface area contributed by atoms with Gasteiger partial charge >= 0.3 is 5.97 Å². The predicted octanol–water partition coefficient (Wildman–Crippen LogP) is 1.20. The molecule has 0 unspecified atom stereocenters. The van der Waals surface area contributed by atoms with Crippen molar-refractivity contribution in [1.29, 1.82) is 0 Å². The number of carbonyl (C=O) groups is 2. The van der Waals surface area contributed by atoms with Gasteiger partial charge in [0.2, 0.25) is 0 Å². The molecule has 108 valence electrons. The number of hydrogen-bond acceptors (Lipinski definition) is 6. The van der Waals surface area contributed by atoms with Crippen molar-refractivity contribution >= 4 is 23.5 Å². The quantitative estimate of drug-likeness (QED) is 0.278. The van der Waals surface area contributed by atoms with E-state index in [9.17, 15) is 19.7 Å². The lowest BCUT2D eigenvalue weighted by Gasteiger charge is -2.09. The molecule has 0 heterocycles. The average Bonchev–Trinajstić information content (AvgIpc) is 2.33. The minimum absolute atomic E-state index is 0.0118. The fourth-order valence-electron chi connectivity index (χ4n) is 1.30. The van der Waals surface area contributed by atoms with Crippen LogP contribution in [0.25, 0.3) is 0 Å². The normalized spacial score (nSPS) is 9.70. The molecular formula is C11H11ClN2O6. The van der Waals surface area contributed by atoms with Gasteiger partial charge < -0.3 is 14.9 Å². The molecule has 0 aliphatic rings. The summed E-state index contributed by atoms with van der Waals surface area (Å²) in [6, 6.07) is 4.16. The van der Waals surface area contributed by atoms with Crippen LogP contribution in [-0.2, 0) is 9.63 Å². The van der Waals surface area contributed by atoms with E-state index in [1.54, 1.807) is 0 Å². The van der Waals surface area contributed by atoms with Crippen LogP contribution in [0.4, 0.5) is 0 Å². The molecular weight excluding hydrogens is 292 g/mol. The topological polar surface area (TPSA) is 108 Å². The molecule has 1 rings (SSSR count). The van der Waals surface area contributed by atoms with Crippen LogP contribution in [0.2, 0.25) is 5.02 Å². The van der Waals surface area contributed by atoms with Gasteiger partial charge in [-0.25, -0.2) is 0 Å². The zero-order chi connectivity index (χ0) is 15.1. The molecule has 1 N–H and O–H groups in total. The average molecular weight is 303 g/mol. The fraction of sp³-hybridized carbons (Fsp3) is 0.273. The largest absolute Gasteiger partial charge is 0.426 e. The first-order valence-corrected chi connectivity index (χ1v) is 5.81. The number of ether oxygens (including phenoxy) is 1. The molecule has 20 heavy (non-hydrogen) atoms. The zero-order valence-electron chi connectivity index (χ0n) is 10.4. The van der Waals surface area contributed by atoms with E-state index in [1.807, 2.05) is 0 Å². The predicted molar refractivity (Wildman–Crippen MR) is 68.0 cm³/mol. The van der Waals surface area contributed by atoms with Crippen LogP contribution in [0.3, 0.4) is 0 Å². The first kappa shape index (κ1) is 15.7. The van der Waals surface area contributed by atoms with E-state index in [-0.39, 0.29) is 24.5 Å². The minimum atomic E-state index is -0.960. The molecule has 0 spiro atoms. The van der Waals surface area contributed by atoms with Crippen LogP contribution in [0.5, 0.6) is 5.75 Å². The van der Waals surface area contributed by atoms with Crippen LogP contribution in [0, 0.1) is 10.1 Å². The van der Waals surface area contributed by atoms with E-state index in [0.717, 1.165) is 0 Å². The van der Waals surface area contributed by atoms with Crippen LogP contribution >= 0.6 is 11.6 Å². The maximum absolute atomic E-state index is 11.8. The van der Waals surface area contributed by atoms with Crippen LogP contribution in [0.1, 0.15) is 17.3 Å². The minimum Gasteiger partial charge on any atom is -0.426 e. The number of rotatable bonds is 6.